The molecule has 8 bridgehead atoms. The van der Waals surface area contributed by atoms with Crippen molar-refractivity contribution in [2.45, 2.75) is 19.3 Å². The van der Waals surface area contributed by atoms with Crippen LogP contribution >= 0.6 is 0 Å². The fraction of sp³-hybridized carbons (Fsp3) is 0.133. The predicted molar refractivity (Wildman–Crippen MR) is 147 cm³/mol. The number of hydrogen-bond donors (Lipinski definition) is 2. The third kappa shape index (κ3) is 4.04. The average molecular weight is 489 g/mol. The molecule has 7 heteroatoms. The number of methoxy groups -OCH3 is 1. The summed E-state index contributed by atoms with van der Waals surface area (Å²) in [5, 5.41) is 10.9. The van der Waals surface area contributed by atoms with Gasteiger partial charge in [-0.25, -0.2) is 15.0 Å². The Morgan fingerprint density at radius 2 is 1.89 bits per heavy atom. The lowest BCUT2D eigenvalue weighted by Crippen LogP contribution is -2.13. The summed E-state index contributed by atoms with van der Waals surface area (Å²) < 4.78 is 4.85. The Morgan fingerprint density at radius 3 is 2.70 bits per heavy atom. The summed E-state index contributed by atoms with van der Waals surface area (Å²) in [5.74, 6) is -0.0765. The van der Waals surface area contributed by atoms with E-state index in [-0.39, 0.29) is 18.1 Å². The molecule has 2 N–H and O–H groups in total. The van der Waals surface area contributed by atoms with Crippen LogP contribution in [0.4, 0.5) is 0 Å². The number of fused-ring (bicyclic) bond motifs is 6. The molecule has 5 aliphatic rings. The van der Waals surface area contributed by atoms with Crippen LogP contribution in [0.1, 0.15) is 36.2 Å². The van der Waals surface area contributed by atoms with E-state index in [1.54, 1.807) is 6.08 Å². The van der Waals surface area contributed by atoms with Crippen molar-refractivity contribution in [2.75, 3.05) is 7.11 Å². The highest BCUT2D eigenvalue weighted by molar-refractivity contribution is 6.38. The van der Waals surface area contributed by atoms with Gasteiger partial charge in [0.05, 0.1) is 46.9 Å². The Labute approximate surface area is 214 Å². The molecule has 0 fully saturated rings. The number of aromatic nitrogens is 1. The van der Waals surface area contributed by atoms with Crippen LogP contribution in [0, 0.1) is 0 Å². The first-order chi connectivity index (χ1) is 17.9. The lowest BCUT2D eigenvalue weighted by molar-refractivity contribution is -0.140. The average Bonchev–Trinajstić information content (AvgIpc) is 3.68. The van der Waals surface area contributed by atoms with Gasteiger partial charge >= 0.3 is 5.97 Å². The van der Waals surface area contributed by atoms with Gasteiger partial charge in [-0.2, -0.15) is 0 Å². The summed E-state index contributed by atoms with van der Waals surface area (Å²) in [6.45, 7) is 8.01. The quantitative estimate of drug-likeness (QED) is 0.409. The second-order valence-electron chi connectivity index (χ2n) is 9.19. The number of nitrogens with one attached hydrogen (secondary N) is 1. The first-order valence-corrected chi connectivity index (χ1v) is 12.0. The van der Waals surface area contributed by atoms with Crippen molar-refractivity contribution in [3.63, 3.8) is 0 Å². The summed E-state index contributed by atoms with van der Waals surface area (Å²) in [6.07, 6.45) is 16.4. The summed E-state index contributed by atoms with van der Waals surface area (Å²) in [7, 11) is 1.38. The number of esters is 1. The van der Waals surface area contributed by atoms with E-state index in [1.165, 1.54) is 7.11 Å². The second kappa shape index (κ2) is 8.71. The lowest BCUT2D eigenvalue weighted by Gasteiger charge is -2.09. The van der Waals surface area contributed by atoms with Crippen molar-refractivity contribution in [1.29, 1.82) is 0 Å². The normalized spacial score (nSPS) is 18.9. The SMILES string of the molecule is C=CC(=C)c1cc2[nH]c1C=C1C=CC(=N1)C=C1C=C3CC(O)=C(C4=NC(=C2)C=C4CCC(=O)OC)C3=N1. The smallest absolute Gasteiger partial charge is 0.305 e. The molecule has 0 aromatic carbocycles. The number of H-pyrrole nitrogens is 1. The van der Waals surface area contributed by atoms with E-state index >= 15 is 0 Å². The Bertz CT molecular complexity index is 1620. The van der Waals surface area contributed by atoms with Crippen molar-refractivity contribution >= 4 is 40.8 Å². The van der Waals surface area contributed by atoms with E-state index in [0.29, 0.717) is 35.5 Å². The fourth-order valence-electron chi connectivity index (χ4n) is 4.93. The number of aliphatic hydroxyl groups is 1. The summed E-state index contributed by atoms with van der Waals surface area (Å²) in [4.78, 5) is 29.8. The molecule has 0 unspecified atom stereocenters. The van der Waals surface area contributed by atoms with Crippen LogP contribution < -0.4 is 0 Å². The van der Waals surface area contributed by atoms with Gasteiger partial charge in [-0.15, -0.1) is 0 Å². The van der Waals surface area contributed by atoms with Crippen molar-refractivity contribution < 1.29 is 14.6 Å². The highest BCUT2D eigenvalue weighted by Gasteiger charge is 2.35. The molecule has 0 spiro atoms. The molecule has 0 amide bonds. The summed E-state index contributed by atoms with van der Waals surface area (Å²) in [5.41, 5.74) is 10.2. The van der Waals surface area contributed by atoms with Crippen LogP contribution in [-0.2, 0) is 9.53 Å². The van der Waals surface area contributed by atoms with Crippen molar-refractivity contribution in [2.24, 2.45) is 15.0 Å². The van der Waals surface area contributed by atoms with Crippen molar-refractivity contribution in [1.82, 2.24) is 4.98 Å². The van der Waals surface area contributed by atoms with Gasteiger partial charge in [0.15, 0.2) is 0 Å². The zero-order valence-electron chi connectivity index (χ0n) is 20.3. The van der Waals surface area contributed by atoms with Gasteiger partial charge in [-0.1, -0.05) is 19.2 Å². The van der Waals surface area contributed by atoms with Crippen LogP contribution in [0.15, 0.2) is 110 Å². The van der Waals surface area contributed by atoms with Gasteiger partial charge < -0.3 is 14.8 Å². The van der Waals surface area contributed by atoms with Crippen molar-refractivity contribution in [3.05, 3.63) is 112 Å². The summed E-state index contributed by atoms with van der Waals surface area (Å²) >= 11 is 0. The van der Waals surface area contributed by atoms with Crippen LogP contribution in [-0.4, -0.2) is 40.3 Å². The molecule has 0 atom stereocenters. The molecule has 4 aliphatic heterocycles. The van der Waals surface area contributed by atoms with E-state index in [2.05, 4.69) is 18.1 Å². The summed E-state index contributed by atoms with van der Waals surface area (Å²) in [6, 6.07) is 2.00. The number of nitrogens with zero attached hydrogens (tertiary/aromatic N) is 3. The zero-order valence-corrected chi connectivity index (χ0v) is 20.3. The van der Waals surface area contributed by atoms with Gasteiger partial charge in [0.2, 0.25) is 0 Å². The van der Waals surface area contributed by atoms with Crippen LogP contribution in [0.5, 0.6) is 0 Å². The Balaban J connectivity index is 1.54. The van der Waals surface area contributed by atoms with E-state index in [4.69, 9.17) is 19.7 Å². The number of aliphatic imine (C=N–C) groups is 3. The highest BCUT2D eigenvalue weighted by atomic mass is 16.5. The number of rotatable bonds is 5. The maximum Gasteiger partial charge on any atom is 0.305 e. The number of aliphatic hydroxyl groups excluding tert-OH is 1. The molecule has 1 aromatic rings. The number of hydrogen-bond acceptors (Lipinski definition) is 6. The second-order valence-corrected chi connectivity index (χ2v) is 9.19. The van der Waals surface area contributed by atoms with Crippen LogP contribution in [0.2, 0.25) is 0 Å². The maximum atomic E-state index is 11.9. The molecule has 1 aliphatic carbocycles. The molecule has 7 nitrogen and oxygen atoms in total. The number of carbonyl (C=O) groups excluding carboxylic acids is 1. The highest BCUT2D eigenvalue weighted by Crippen LogP contribution is 2.39. The Morgan fingerprint density at radius 1 is 1.08 bits per heavy atom. The van der Waals surface area contributed by atoms with Crippen LogP contribution in [0.25, 0.3) is 17.7 Å². The van der Waals surface area contributed by atoms with E-state index < -0.39 is 0 Å². The minimum absolute atomic E-state index is 0.207. The molecule has 0 saturated carbocycles. The van der Waals surface area contributed by atoms with E-state index in [1.807, 2.05) is 48.6 Å². The first-order valence-electron chi connectivity index (χ1n) is 12.0. The molecular weight excluding hydrogens is 464 g/mol. The molecule has 0 saturated heterocycles. The topological polar surface area (TPSA) is 99.4 Å². The maximum absolute atomic E-state index is 11.9. The van der Waals surface area contributed by atoms with Gasteiger partial charge in [0.25, 0.3) is 0 Å². The molecule has 5 heterocycles. The first kappa shape index (κ1) is 22.7. The van der Waals surface area contributed by atoms with Gasteiger partial charge in [0.1, 0.15) is 5.76 Å². The Hall–Kier alpha value is -4.78. The standard InChI is InChI=1S/C30H24N4O3/c1-4-16(2)24-14-23-13-21-9-17(5-8-27(36)37-3)29(33-21)28-26(35)11-18-10-22(34-30(18)28)12-19-6-7-20(31-19)15-25(24)32-23/h4,6-7,9-10,12-15,32,35H,1-2,5,8,11H2,3H3. The molecule has 37 heavy (non-hydrogen) atoms. The Kier molecular flexibility index (Phi) is 5.34. The third-order valence-corrected chi connectivity index (χ3v) is 6.72. The fourth-order valence-corrected chi connectivity index (χ4v) is 4.93. The molecule has 6 rings (SSSR count). The molecule has 182 valence electrons. The molecule has 0 radical (unpaired) electrons. The minimum atomic E-state index is -0.303. The largest absolute Gasteiger partial charge is 0.511 e. The minimum Gasteiger partial charge on any atom is -0.511 e. The zero-order chi connectivity index (χ0) is 25.7. The third-order valence-electron chi connectivity index (χ3n) is 6.72. The van der Waals surface area contributed by atoms with Crippen molar-refractivity contribution in [3.8, 4) is 0 Å². The van der Waals surface area contributed by atoms with E-state index in [9.17, 15) is 9.90 Å². The lowest BCUT2D eigenvalue weighted by atomic mass is 9.97. The number of allylic oxidation sites excluding steroid dienone is 10. The monoisotopic (exact) mass is 488 g/mol. The van der Waals surface area contributed by atoms with Gasteiger partial charge in [-0.05, 0) is 71.7 Å². The number of aromatic amines is 1. The predicted octanol–water partition coefficient (Wildman–Crippen LogP) is 5.74. The molecule has 1 aromatic heterocycles. The van der Waals surface area contributed by atoms with Gasteiger partial charge in [-0.3, -0.25) is 4.79 Å². The van der Waals surface area contributed by atoms with Gasteiger partial charge in [0, 0.05) is 29.8 Å². The van der Waals surface area contributed by atoms with Crippen LogP contribution in [0.3, 0.4) is 0 Å². The molecular formula is C30H24N4O3. The number of carbonyl (C=O) groups is 1. The number of ether oxygens (including phenoxy) is 1. The van der Waals surface area contributed by atoms with E-state index in [0.717, 1.165) is 50.8 Å².